The van der Waals surface area contributed by atoms with E-state index >= 15 is 0 Å². The molecule has 0 amide bonds. The maximum Gasteiger partial charge on any atom is 0.0620 e. The van der Waals surface area contributed by atoms with Crippen LogP contribution >= 0.6 is 0 Å². The Bertz CT molecular complexity index is 1590. The van der Waals surface area contributed by atoms with Crippen LogP contribution in [0.4, 0.5) is 0 Å². The Kier molecular flexibility index (Phi) is 2.80. The number of para-hydroxylation sites is 2. The van der Waals surface area contributed by atoms with Gasteiger partial charge in [0, 0.05) is 21.8 Å². The molecular weight excluding hydrogens is 350 g/mol. The molecule has 0 atom stereocenters. The van der Waals surface area contributed by atoms with Crippen molar-refractivity contribution in [2.45, 2.75) is 0 Å². The summed E-state index contributed by atoms with van der Waals surface area (Å²) in [7, 11) is 0. The first-order valence-corrected chi connectivity index (χ1v) is 10.1. The van der Waals surface area contributed by atoms with Gasteiger partial charge < -0.3 is 4.57 Å². The molecule has 1 heterocycles. The fraction of sp³-hybridized carbons (Fsp3) is 0. The standard InChI is InChI=1S/C28H17N/c1-2-9-18(10-3-1)29-26-16-7-6-13-21(26)25-17-24-20-12-5-4-11-19(20)22-14-8-15-23(27(22)24)28(25)29/h1-17H. The number of fused-ring (bicyclic) bond motifs is 7. The SMILES string of the molecule is c1ccc(-n2c3ccccc3c3cc4c5c(cccc5c32)-c2ccccc2-4)cc1. The molecule has 6 aromatic rings. The van der Waals surface area contributed by atoms with Gasteiger partial charge in [-0.1, -0.05) is 78.9 Å². The molecule has 1 aromatic heterocycles. The zero-order chi connectivity index (χ0) is 18.9. The lowest BCUT2D eigenvalue weighted by Gasteiger charge is -2.11. The number of nitrogens with zero attached hydrogens (tertiary/aromatic N) is 1. The third kappa shape index (κ3) is 1.85. The van der Waals surface area contributed by atoms with Crippen LogP contribution in [0, 0.1) is 0 Å². The highest BCUT2D eigenvalue weighted by molar-refractivity contribution is 6.27. The van der Waals surface area contributed by atoms with E-state index in [-0.39, 0.29) is 0 Å². The lowest BCUT2D eigenvalue weighted by atomic mass is 9.99. The summed E-state index contributed by atoms with van der Waals surface area (Å²) in [6, 6.07) is 37.4. The molecule has 134 valence electrons. The summed E-state index contributed by atoms with van der Waals surface area (Å²) in [5.41, 5.74) is 9.15. The van der Waals surface area contributed by atoms with Gasteiger partial charge in [0.05, 0.1) is 11.0 Å². The normalized spacial score (nSPS) is 12.1. The fourth-order valence-corrected chi connectivity index (χ4v) is 5.17. The van der Waals surface area contributed by atoms with Crippen molar-refractivity contribution < 1.29 is 0 Å². The van der Waals surface area contributed by atoms with Crippen molar-refractivity contribution in [3.05, 3.63) is 103 Å². The highest BCUT2D eigenvalue weighted by Gasteiger charge is 2.24. The van der Waals surface area contributed by atoms with Crippen LogP contribution in [0.25, 0.3) is 60.5 Å². The average Bonchev–Trinajstić information content (AvgIpc) is 3.30. The Hall–Kier alpha value is -3.84. The molecule has 0 fully saturated rings. The molecule has 5 aromatic carbocycles. The second kappa shape index (κ2) is 5.36. The van der Waals surface area contributed by atoms with Crippen molar-refractivity contribution in [2.75, 3.05) is 0 Å². The minimum Gasteiger partial charge on any atom is -0.309 e. The Labute approximate surface area is 168 Å². The van der Waals surface area contributed by atoms with E-state index in [2.05, 4.69) is 108 Å². The first-order valence-electron chi connectivity index (χ1n) is 10.1. The Balaban J connectivity index is 1.78. The van der Waals surface area contributed by atoms with Crippen molar-refractivity contribution in [3.63, 3.8) is 0 Å². The van der Waals surface area contributed by atoms with Gasteiger partial charge in [-0.15, -0.1) is 0 Å². The molecule has 7 rings (SSSR count). The minimum atomic E-state index is 1.20. The zero-order valence-corrected chi connectivity index (χ0v) is 15.8. The van der Waals surface area contributed by atoms with Gasteiger partial charge in [-0.05, 0) is 51.9 Å². The van der Waals surface area contributed by atoms with E-state index in [0.29, 0.717) is 0 Å². The molecule has 0 aliphatic heterocycles. The largest absolute Gasteiger partial charge is 0.309 e. The average molecular weight is 367 g/mol. The van der Waals surface area contributed by atoms with E-state index in [1.807, 2.05) is 0 Å². The third-order valence-electron chi connectivity index (χ3n) is 6.31. The fourth-order valence-electron chi connectivity index (χ4n) is 5.17. The molecule has 29 heavy (non-hydrogen) atoms. The van der Waals surface area contributed by atoms with E-state index in [9.17, 15) is 0 Å². The van der Waals surface area contributed by atoms with Gasteiger partial charge in [-0.3, -0.25) is 0 Å². The van der Waals surface area contributed by atoms with Crippen LogP contribution in [-0.2, 0) is 0 Å². The van der Waals surface area contributed by atoms with Gasteiger partial charge in [0.1, 0.15) is 0 Å². The number of aromatic nitrogens is 1. The molecular formula is C28H17N. The molecule has 0 radical (unpaired) electrons. The van der Waals surface area contributed by atoms with Crippen LogP contribution in [0.3, 0.4) is 0 Å². The quantitative estimate of drug-likeness (QED) is 0.282. The lowest BCUT2D eigenvalue weighted by Crippen LogP contribution is -1.94. The Morgan fingerprint density at radius 2 is 1.10 bits per heavy atom. The van der Waals surface area contributed by atoms with Crippen LogP contribution in [0.2, 0.25) is 0 Å². The second-order valence-corrected chi connectivity index (χ2v) is 7.78. The molecule has 0 saturated carbocycles. The van der Waals surface area contributed by atoms with Crippen LogP contribution in [0.15, 0.2) is 103 Å². The molecule has 0 bridgehead atoms. The molecule has 1 nitrogen and oxygen atoms in total. The summed E-state index contributed by atoms with van der Waals surface area (Å²) < 4.78 is 2.43. The monoisotopic (exact) mass is 367 g/mol. The highest BCUT2D eigenvalue weighted by Crippen LogP contribution is 2.50. The van der Waals surface area contributed by atoms with E-state index < -0.39 is 0 Å². The van der Waals surface area contributed by atoms with Gasteiger partial charge in [0.15, 0.2) is 0 Å². The minimum absolute atomic E-state index is 1.20. The predicted molar refractivity (Wildman–Crippen MR) is 123 cm³/mol. The van der Waals surface area contributed by atoms with Crippen molar-refractivity contribution >= 4 is 32.6 Å². The van der Waals surface area contributed by atoms with Crippen LogP contribution < -0.4 is 0 Å². The summed E-state index contributed by atoms with van der Waals surface area (Å²) in [5.74, 6) is 0. The summed E-state index contributed by atoms with van der Waals surface area (Å²) in [6.07, 6.45) is 0. The van der Waals surface area contributed by atoms with E-state index in [1.54, 1.807) is 0 Å². The summed E-state index contributed by atoms with van der Waals surface area (Å²) >= 11 is 0. The number of hydrogen-bond acceptors (Lipinski definition) is 0. The molecule has 1 heteroatoms. The van der Waals surface area contributed by atoms with Crippen molar-refractivity contribution in [3.8, 4) is 27.9 Å². The van der Waals surface area contributed by atoms with Crippen LogP contribution in [0.1, 0.15) is 0 Å². The Morgan fingerprint density at radius 3 is 1.97 bits per heavy atom. The molecule has 0 unspecified atom stereocenters. The van der Waals surface area contributed by atoms with E-state index in [4.69, 9.17) is 0 Å². The van der Waals surface area contributed by atoms with Crippen molar-refractivity contribution in [1.82, 2.24) is 4.57 Å². The van der Waals surface area contributed by atoms with Gasteiger partial charge in [-0.2, -0.15) is 0 Å². The van der Waals surface area contributed by atoms with Gasteiger partial charge >= 0.3 is 0 Å². The molecule has 1 aliphatic carbocycles. The summed E-state index contributed by atoms with van der Waals surface area (Å²) in [5, 5.41) is 5.33. The molecule has 0 N–H and O–H groups in total. The summed E-state index contributed by atoms with van der Waals surface area (Å²) in [4.78, 5) is 0. The van der Waals surface area contributed by atoms with Gasteiger partial charge in [0.2, 0.25) is 0 Å². The van der Waals surface area contributed by atoms with E-state index in [1.165, 1.54) is 60.5 Å². The molecule has 0 spiro atoms. The lowest BCUT2D eigenvalue weighted by molar-refractivity contribution is 1.19. The summed E-state index contributed by atoms with van der Waals surface area (Å²) in [6.45, 7) is 0. The molecule has 0 saturated heterocycles. The zero-order valence-electron chi connectivity index (χ0n) is 15.8. The number of benzene rings is 5. The second-order valence-electron chi connectivity index (χ2n) is 7.78. The van der Waals surface area contributed by atoms with Gasteiger partial charge in [-0.25, -0.2) is 0 Å². The number of rotatable bonds is 1. The van der Waals surface area contributed by atoms with Gasteiger partial charge in [0.25, 0.3) is 0 Å². The van der Waals surface area contributed by atoms with Crippen LogP contribution in [0.5, 0.6) is 0 Å². The third-order valence-corrected chi connectivity index (χ3v) is 6.31. The predicted octanol–water partition coefficient (Wildman–Crippen LogP) is 7.58. The van der Waals surface area contributed by atoms with Crippen molar-refractivity contribution in [2.24, 2.45) is 0 Å². The highest BCUT2D eigenvalue weighted by atomic mass is 15.0. The van der Waals surface area contributed by atoms with Crippen LogP contribution in [-0.4, -0.2) is 4.57 Å². The first kappa shape index (κ1) is 15.1. The topological polar surface area (TPSA) is 4.93 Å². The Morgan fingerprint density at radius 1 is 0.448 bits per heavy atom. The number of hydrogen-bond donors (Lipinski definition) is 0. The van der Waals surface area contributed by atoms with Crippen molar-refractivity contribution in [1.29, 1.82) is 0 Å². The molecule has 1 aliphatic rings. The maximum absolute atomic E-state index is 2.43. The maximum atomic E-state index is 2.43. The van der Waals surface area contributed by atoms with E-state index in [0.717, 1.165) is 0 Å². The first-order chi connectivity index (χ1) is 14.4. The smallest absolute Gasteiger partial charge is 0.0620 e.